The number of rotatable bonds is 7. The van der Waals surface area contributed by atoms with Gasteiger partial charge >= 0.3 is 0 Å². The molecule has 1 amide bonds. The molecule has 4 rings (SSSR count). The van der Waals surface area contributed by atoms with E-state index >= 15 is 0 Å². The van der Waals surface area contributed by atoms with Crippen LogP contribution in [0.1, 0.15) is 12.2 Å². The highest BCUT2D eigenvalue weighted by Crippen LogP contribution is 2.32. The Balaban J connectivity index is 1.52. The van der Waals surface area contributed by atoms with Crippen molar-refractivity contribution in [3.05, 3.63) is 77.5 Å². The van der Waals surface area contributed by atoms with Crippen molar-refractivity contribution in [1.29, 1.82) is 0 Å². The van der Waals surface area contributed by atoms with E-state index in [0.29, 0.717) is 32.8 Å². The zero-order valence-electron chi connectivity index (χ0n) is 15.2. The van der Waals surface area contributed by atoms with Gasteiger partial charge in [0, 0.05) is 22.1 Å². The number of anilines is 1. The molecule has 0 aliphatic rings. The van der Waals surface area contributed by atoms with Crippen LogP contribution in [0.3, 0.4) is 0 Å². The van der Waals surface area contributed by atoms with Crippen LogP contribution in [0.25, 0.3) is 10.2 Å². The zero-order chi connectivity index (χ0) is 20.2. The molecule has 2 aromatic carbocycles. The third kappa shape index (κ3) is 4.80. The molecule has 2 heterocycles. The van der Waals surface area contributed by atoms with E-state index in [4.69, 9.17) is 16.0 Å². The second-order valence-corrected chi connectivity index (χ2v) is 8.81. The summed E-state index contributed by atoms with van der Waals surface area (Å²) in [6, 6.07) is 15.9. The van der Waals surface area contributed by atoms with E-state index in [1.807, 2.05) is 24.3 Å². The van der Waals surface area contributed by atoms with E-state index in [2.05, 4.69) is 4.98 Å². The molecule has 0 radical (unpaired) electrons. The Labute approximate surface area is 180 Å². The maximum absolute atomic E-state index is 14.1. The molecule has 0 saturated carbocycles. The highest BCUT2D eigenvalue weighted by molar-refractivity contribution is 7.99. The molecule has 0 fully saturated rings. The number of carbonyl (C=O) groups is 1. The molecule has 0 atom stereocenters. The van der Waals surface area contributed by atoms with Crippen LogP contribution in [0.15, 0.2) is 70.2 Å². The first-order chi connectivity index (χ1) is 14.1. The zero-order valence-corrected chi connectivity index (χ0v) is 17.6. The summed E-state index contributed by atoms with van der Waals surface area (Å²) < 4.78 is 20.2. The number of furan rings is 1. The number of halogens is 2. The minimum Gasteiger partial charge on any atom is -0.467 e. The van der Waals surface area contributed by atoms with Gasteiger partial charge in [-0.2, -0.15) is 0 Å². The number of nitrogens with zero attached hydrogens (tertiary/aromatic N) is 2. The van der Waals surface area contributed by atoms with E-state index in [1.54, 1.807) is 47.2 Å². The lowest BCUT2D eigenvalue weighted by Crippen LogP contribution is -2.30. The Kier molecular flexibility index (Phi) is 6.18. The molecule has 0 aliphatic carbocycles. The molecule has 0 spiro atoms. The number of fused-ring (bicyclic) bond motifs is 1. The first kappa shape index (κ1) is 19.9. The van der Waals surface area contributed by atoms with Gasteiger partial charge in [0.2, 0.25) is 5.91 Å². The molecule has 0 bridgehead atoms. The molecule has 0 saturated heterocycles. The molecule has 0 unspecified atom stereocenters. The number of thioether (sulfide) groups is 1. The van der Waals surface area contributed by atoms with Crippen molar-refractivity contribution >= 4 is 56.0 Å². The normalized spacial score (nSPS) is 11.1. The van der Waals surface area contributed by atoms with Crippen molar-refractivity contribution in [2.45, 2.75) is 17.9 Å². The molecular formula is C21H16ClFN2O2S2. The molecular weight excluding hydrogens is 431 g/mol. The number of hydrogen-bond donors (Lipinski definition) is 0. The van der Waals surface area contributed by atoms with Crippen molar-refractivity contribution in [2.24, 2.45) is 0 Å². The largest absolute Gasteiger partial charge is 0.467 e. The molecule has 0 N–H and O–H groups in total. The van der Waals surface area contributed by atoms with Gasteiger partial charge in [-0.1, -0.05) is 29.0 Å². The smallest absolute Gasteiger partial charge is 0.230 e. The summed E-state index contributed by atoms with van der Waals surface area (Å²) in [7, 11) is 0. The average Bonchev–Trinajstić information content (AvgIpc) is 3.37. The number of carbonyl (C=O) groups excluding carboxylic acids is 1. The molecule has 0 aliphatic heterocycles. The van der Waals surface area contributed by atoms with Crippen molar-refractivity contribution in [3.8, 4) is 0 Å². The van der Waals surface area contributed by atoms with Gasteiger partial charge in [0.05, 0.1) is 17.5 Å². The van der Waals surface area contributed by atoms with Crippen LogP contribution in [-0.4, -0.2) is 16.6 Å². The van der Waals surface area contributed by atoms with E-state index in [1.165, 1.54) is 17.4 Å². The predicted molar refractivity (Wildman–Crippen MR) is 116 cm³/mol. The lowest BCUT2D eigenvalue weighted by molar-refractivity contribution is -0.118. The van der Waals surface area contributed by atoms with Crippen LogP contribution < -0.4 is 4.90 Å². The third-order valence-electron chi connectivity index (χ3n) is 4.18. The lowest BCUT2D eigenvalue weighted by atomic mass is 10.3. The highest BCUT2D eigenvalue weighted by atomic mass is 35.5. The summed E-state index contributed by atoms with van der Waals surface area (Å²) in [5.41, 5.74) is 0.278. The van der Waals surface area contributed by atoms with Crippen LogP contribution in [0.4, 0.5) is 9.52 Å². The van der Waals surface area contributed by atoms with Crippen molar-refractivity contribution in [3.63, 3.8) is 0 Å². The predicted octanol–water partition coefficient (Wildman–Crippen LogP) is 6.40. The van der Waals surface area contributed by atoms with Gasteiger partial charge in [-0.15, -0.1) is 11.8 Å². The number of thiazole rings is 1. The van der Waals surface area contributed by atoms with E-state index in [0.717, 1.165) is 4.90 Å². The summed E-state index contributed by atoms with van der Waals surface area (Å²) in [6.07, 6.45) is 1.87. The maximum atomic E-state index is 14.1. The lowest BCUT2D eigenvalue weighted by Gasteiger charge is -2.18. The molecule has 2 aromatic heterocycles. The monoisotopic (exact) mass is 446 g/mol. The van der Waals surface area contributed by atoms with Crippen LogP contribution in [-0.2, 0) is 11.3 Å². The van der Waals surface area contributed by atoms with Gasteiger partial charge in [0.15, 0.2) is 5.13 Å². The number of amides is 1. The van der Waals surface area contributed by atoms with Crippen molar-refractivity contribution in [2.75, 3.05) is 10.7 Å². The van der Waals surface area contributed by atoms with Gasteiger partial charge < -0.3 is 4.42 Å². The van der Waals surface area contributed by atoms with E-state index < -0.39 is 5.82 Å². The first-order valence-electron chi connectivity index (χ1n) is 8.86. The van der Waals surface area contributed by atoms with Crippen LogP contribution >= 0.6 is 34.7 Å². The molecule has 4 aromatic rings. The standard InChI is InChI=1S/C21H16ClFN2O2S2/c22-14-6-8-16(9-7-14)28-12-10-19(26)25(13-15-3-2-11-27-15)21-24-20-17(23)4-1-5-18(20)29-21/h1-9,11H,10,12-13H2. The summed E-state index contributed by atoms with van der Waals surface area (Å²) >= 11 is 8.78. The average molecular weight is 447 g/mol. The Morgan fingerprint density at radius 3 is 2.72 bits per heavy atom. The summed E-state index contributed by atoms with van der Waals surface area (Å²) in [6.45, 7) is 0.249. The minimum atomic E-state index is -0.395. The van der Waals surface area contributed by atoms with Gasteiger partial charge in [-0.25, -0.2) is 9.37 Å². The summed E-state index contributed by atoms with van der Waals surface area (Å²) in [5.74, 6) is 0.758. The Bertz CT molecular complexity index is 1110. The fourth-order valence-corrected chi connectivity index (χ4v) is 4.73. The Hall–Kier alpha value is -2.35. The first-order valence-corrected chi connectivity index (χ1v) is 11.0. The Morgan fingerprint density at radius 2 is 2.00 bits per heavy atom. The molecule has 4 nitrogen and oxygen atoms in total. The molecule has 148 valence electrons. The summed E-state index contributed by atoms with van der Waals surface area (Å²) in [4.78, 5) is 20.0. The van der Waals surface area contributed by atoms with Crippen LogP contribution in [0, 0.1) is 5.82 Å². The summed E-state index contributed by atoms with van der Waals surface area (Å²) in [5, 5.41) is 1.14. The van der Waals surface area contributed by atoms with Gasteiger partial charge in [0.1, 0.15) is 17.1 Å². The van der Waals surface area contributed by atoms with Crippen molar-refractivity contribution < 1.29 is 13.6 Å². The van der Waals surface area contributed by atoms with Crippen LogP contribution in [0.2, 0.25) is 5.02 Å². The van der Waals surface area contributed by atoms with E-state index in [-0.39, 0.29) is 18.0 Å². The van der Waals surface area contributed by atoms with Gasteiger partial charge in [-0.3, -0.25) is 9.69 Å². The number of benzene rings is 2. The number of para-hydroxylation sites is 1. The maximum Gasteiger partial charge on any atom is 0.230 e. The topological polar surface area (TPSA) is 46.3 Å². The van der Waals surface area contributed by atoms with Crippen molar-refractivity contribution in [1.82, 2.24) is 4.98 Å². The second-order valence-electron chi connectivity index (χ2n) is 6.19. The Morgan fingerprint density at radius 1 is 1.17 bits per heavy atom. The number of aromatic nitrogens is 1. The number of hydrogen-bond acceptors (Lipinski definition) is 5. The van der Waals surface area contributed by atoms with Gasteiger partial charge in [-0.05, 0) is 48.5 Å². The fraction of sp³-hybridized carbons (Fsp3) is 0.143. The minimum absolute atomic E-state index is 0.0951. The molecule has 29 heavy (non-hydrogen) atoms. The highest BCUT2D eigenvalue weighted by Gasteiger charge is 2.22. The second kappa shape index (κ2) is 8.98. The SMILES string of the molecule is O=C(CCSc1ccc(Cl)cc1)N(Cc1ccco1)c1nc2c(F)cccc2s1. The third-order valence-corrected chi connectivity index (χ3v) is 6.49. The van der Waals surface area contributed by atoms with Crippen LogP contribution in [0.5, 0.6) is 0 Å². The fourth-order valence-electron chi connectivity index (χ4n) is 2.76. The van der Waals surface area contributed by atoms with E-state index in [9.17, 15) is 9.18 Å². The quantitative estimate of drug-likeness (QED) is 0.308. The van der Waals surface area contributed by atoms with Gasteiger partial charge in [0.25, 0.3) is 0 Å². The molecule has 8 heteroatoms.